The molecule has 0 aromatic heterocycles. The third kappa shape index (κ3) is 16.5. The Morgan fingerprint density at radius 2 is 1.50 bits per heavy atom. The lowest BCUT2D eigenvalue weighted by atomic mass is 10.1. The largest absolute Gasteiger partial charge is 0.480 e. The second-order valence-electron chi connectivity index (χ2n) is 3.37. The number of hydrogen-bond acceptors (Lipinski definition) is 5. The Morgan fingerprint density at radius 1 is 1.06 bits per heavy atom. The smallest absolute Gasteiger partial charge is 0.320 e. The average Bonchev–Trinajstić information content (AvgIpc) is 2.27. The van der Waals surface area contributed by atoms with Gasteiger partial charge in [-0.3, -0.25) is 14.4 Å². The van der Waals surface area contributed by atoms with Crippen LogP contribution in [0, 0.1) is 0 Å². The van der Waals surface area contributed by atoms with E-state index in [2.05, 4.69) is 11.5 Å². The second-order valence-corrected chi connectivity index (χ2v) is 3.37. The molecule has 0 unspecified atom stereocenters. The summed E-state index contributed by atoms with van der Waals surface area (Å²) in [5.41, 5.74) is 19.6. The average molecular weight is 260 g/mol. The lowest BCUT2D eigenvalue weighted by Gasteiger charge is -2.03. The van der Waals surface area contributed by atoms with Gasteiger partial charge in [0.2, 0.25) is 11.8 Å². The highest BCUT2D eigenvalue weighted by molar-refractivity contribution is 5.95. The number of primary amides is 2. The van der Waals surface area contributed by atoms with Crippen LogP contribution in [0.5, 0.6) is 0 Å². The summed E-state index contributed by atoms with van der Waals surface area (Å²) in [6.45, 7) is 0.604. The first kappa shape index (κ1) is 18.4. The van der Waals surface area contributed by atoms with Crippen LogP contribution in [-0.2, 0) is 14.4 Å². The van der Waals surface area contributed by atoms with Crippen LogP contribution in [0.4, 0.5) is 0 Å². The molecule has 0 spiro atoms. The van der Waals surface area contributed by atoms with Gasteiger partial charge in [0.1, 0.15) is 6.04 Å². The number of carboxylic acids is 1. The minimum Gasteiger partial charge on any atom is -0.480 e. The van der Waals surface area contributed by atoms with Crippen molar-refractivity contribution in [2.75, 3.05) is 6.54 Å². The molecule has 0 rings (SSSR count). The summed E-state index contributed by atoms with van der Waals surface area (Å²) in [4.78, 5) is 29.8. The number of carbonyl (C=O) groups excluding carboxylic acids is 2. The van der Waals surface area contributed by atoms with Crippen LogP contribution in [0.1, 0.15) is 19.3 Å². The summed E-state index contributed by atoms with van der Waals surface area (Å²) in [6.07, 6.45) is 3.97. The van der Waals surface area contributed by atoms with Crippen LogP contribution in [0.2, 0.25) is 0 Å². The van der Waals surface area contributed by atoms with E-state index in [4.69, 9.17) is 16.6 Å². The molecule has 0 saturated carbocycles. The highest BCUT2D eigenvalue weighted by Crippen LogP contribution is 1.96. The first-order valence-corrected chi connectivity index (χ1v) is 5.26. The van der Waals surface area contributed by atoms with E-state index in [0.29, 0.717) is 13.0 Å². The molecule has 0 aliphatic heterocycles. The van der Waals surface area contributed by atoms with E-state index in [1.807, 2.05) is 0 Å². The molecular formula is C10H20N4O4. The van der Waals surface area contributed by atoms with Gasteiger partial charge in [0.25, 0.3) is 0 Å². The van der Waals surface area contributed by atoms with E-state index in [1.54, 1.807) is 0 Å². The molecule has 0 aliphatic rings. The van der Waals surface area contributed by atoms with Crippen LogP contribution in [0.3, 0.4) is 0 Å². The SMILES string of the molecule is NC(=O)/C=C/C(N)=O.NCCCC[C@H](N)C(=O)O. The molecule has 9 N–H and O–H groups in total. The molecule has 0 fully saturated rings. The summed E-state index contributed by atoms with van der Waals surface area (Å²) >= 11 is 0. The van der Waals surface area contributed by atoms with Gasteiger partial charge < -0.3 is 28.0 Å². The minimum atomic E-state index is -0.933. The van der Waals surface area contributed by atoms with Gasteiger partial charge in [-0.25, -0.2) is 0 Å². The highest BCUT2D eigenvalue weighted by atomic mass is 16.4. The molecule has 104 valence electrons. The van der Waals surface area contributed by atoms with Gasteiger partial charge in [0.15, 0.2) is 0 Å². The van der Waals surface area contributed by atoms with E-state index in [0.717, 1.165) is 25.0 Å². The zero-order chi connectivity index (χ0) is 14.6. The third-order valence-electron chi connectivity index (χ3n) is 1.70. The number of amides is 2. The van der Waals surface area contributed by atoms with Crippen molar-refractivity contribution in [3.63, 3.8) is 0 Å². The Hall–Kier alpha value is -1.93. The van der Waals surface area contributed by atoms with Crippen LogP contribution >= 0.6 is 0 Å². The molecule has 2 amide bonds. The van der Waals surface area contributed by atoms with Crippen molar-refractivity contribution in [2.45, 2.75) is 25.3 Å². The first-order valence-electron chi connectivity index (χ1n) is 5.26. The van der Waals surface area contributed by atoms with Crippen LogP contribution < -0.4 is 22.9 Å². The molecule has 18 heavy (non-hydrogen) atoms. The number of aliphatic carboxylic acids is 1. The predicted molar refractivity (Wildman–Crippen MR) is 66.0 cm³/mol. The second kappa shape index (κ2) is 11.6. The number of hydrogen-bond donors (Lipinski definition) is 5. The predicted octanol–water partition coefficient (Wildman–Crippen LogP) is -1.96. The Kier molecular flexibility index (Phi) is 11.8. The van der Waals surface area contributed by atoms with Gasteiger partial charge in [0, 0.05) is 12.2 Å². The molecule has 0 heterocycles. The van der Waals surface area contributed by atoms with Gasteiger partial charge >= 0.3 is 5.97 Å². The van der Waals surface area contributed by atoms with Gasteiger partial charge in [-0.1, -0.05) is 6.42 Å². The molecule has 0 aliphatic carbocycles. The maximum absolute atomic E-state index is 10.1. The van der Waals surface area contributed by atoms with Crippen molar-refractivity contribution < 1.29 is 19.5 Å². The van der Waals surface area contributed by atoms with E-state index < -0.39 is 23.8 Å². The lowest BCUT2D eigenvalue weighted by Crippen LogP contribution is -2.29. The van der Waals surface area contributed by atoms with Crippen LogP contribution in [0.25, 0.3) is 0 Å². The maximum Gasteiger partial charge on any atom is 0.320 e. The van der Waals surface area contributed by atoms with Gasteiger partial charge in [-0.05, 0) is 19.4 Å². The summed E-state index contributed by atoms with van der Waals surface area (Å²) in [6, 6.07) is -0.716. The van der Waals surface area contributed by atoms with E-state index in [9.17, 15) is 14.4 Å². The zero-order valence-electron chi connectivity index (χ0n) is 10.0. The van der Waals surface area contributed by atoms with Crippen molar-refractivity contribution in [3.8, 4) is 0 Å². The number of carbonyl (C=O) groups is 3. The first-order chi connectivity index (χ1) is 8.31. The summed E-state index contributed by atoms with van der Waals surface area (Å²) in [5.74, 6) is -2.29. The summed E-state index contributed by atoms with van der Waals surface area (Å²) < 4.78 is 0. The van der Waals surface area contributed by atoms with Gasteiger partial charge in [-0.2, -0.15) is 0 Å². The summed E-state index contributed by atoms with van der Waals surface area (Å²) in [7, 11) is 0. The molecule has 1 atom stereocenters. The van der Waals surface area contributed by atoms with Crippen LogP contribution in [-0.4, -0.2) is 35.5 Å². The van der Waals surface area contributed by atoms with Crippen molar-refractivity contribution >= 4 is 17.8 Å². The minimum absolute atomic E-state index is 0.520. The monoisotopic (exact) mass is 260 g/mol. The number of rotatable bonds is 7. The van der Waals surface area contributed by atoms with E-state index in [-0.39, 0.29) is 0 Å². The Balaban J connectivity index is 0. The van der Waals surface area contributed by atoms with E-state index >= 15 is 0 Å². The molecular weight excluding hydrogens is 240 g/mol. The molecule has 0 bridgehead atoms. The molecule has 0 radical (unpaired) electrons. The summed E-state index contributed by atoms with van der Waals surface area (Å²) in [5, 5.41) is 8.33. The fourth-order valence-electron chi connectivity index (χ4n) is 0.796. The number of nitrogens with two attached hydrogens (primary N) is 4. The number of unbranched alkanes of at least 4 members (excludes halogenated alkanes) is 1. The van der Waals surface area contributed by atoms with Crippen LogP contribution in [0.15, 0.2) is 12.2 Å². The van der Waals surface area contributed by atoms with Gasteiger partial charge in [0.05, 0.1) is 0 Å². The molecule has 0 aromatic rings. The highest BCUT2D eigenvalue weighted by Gasteiger charge is 2.09. The normalized spacial score (nSPS) is 11.4. The molecule has 8 heteroatoms. The molecule has 0 saturated heterocycles. The number of carboxylic acid groups (broad SMARTS) is 1. The third-order valence-corrected chi connectivity index (χ3v) is 1.70. The van der Waals surface area contributed by atoms with Crippen molar-refractivity contribution in [2.24, 2.45) is 22.9 Å². The fraction of sp³-hybridized carbons (Fsp3) is 0.500. The maximum atomic E-state index is 10.1. The molecule has 8 nitrogen and oxygen atoms in total. The topological polar surface area (TPSA) is 176 Å². The standard InChI is InChI=1S/C6H14N2O2.C4H6N2O2/c7-4-2-1-3-5(8)6(9)10;5-3(7)1-2-4(6)8/h5H,1-4,7-8H2,(H,9,10);1-2H,(H2,5,7)(H2,6,8)/b;2-1+/t5-;/m0./s1. The Bertz CT molecular complexity index is 288. The zero-order valence-corrected chi connectivity index (χ0v) is 10.0. The van der Waals surface area contributed by atoms with Gasteiger partial charge in [-0.15, -0.1) is 0 Å². The van der Waals surface area contributed by atoms with Crippen molar-refractivity contribution in [1.29, 1.82) is 0 Å². The Morgan fingerprint density at radius 3 is 1.78 bits per heavy atom. The van der Waals surface area contributed by atoms with Crippen molar-refractivity contribution in [1.82, 2.24) is 0 Å². The molecule has 0 aromatic carbocycles. The van der Waals surface area contributed by atoms with E-state index in [1.165, 1.54) is 0 Å². The quantitative estimate of drug-likeness (QED) is 0.262. The fourth-order valence-corrected chi connectivity index (χ4v) is 0.796. The van der Waals surface area contributed by atoms with Crippen molar-refractivity contribution in [3.05, 3.63) is 12.2 Å². The Labute approximate surface area is 105 Å². The lowest BCUT2D eigenvalue weighted by molar-refractivity contribution is -0.138.